The number of pyridine rings is 1. The molecule has 0 spiro atoms. The quantitative estimate of drug-likeness (QED) is 0.0513. The van der Waals surface area contributed by atoms with Gasteiger partial charge in [-0.25, -0.2) is 39.3 Å². The first-order chi connectivity index (χ1) is 62.6. The number of fused-ring (bicyclic) bond motifs is 3. The van der Waals surface area contributed by atoms with Crippen molar-refractivity contribution in [2.24, 2.45) is 22.7 Å². The van der Waals surface area contributed by atoms with E-state index in [2.05, 4.69) is 173 Å². The van der Waals surface area contributed by atoms with Gasteiger partial charge in [0.15, 0.2) is 28.0 Å². The molecule has 0 unspecified atom stereocenters. The SMILES string of the molecule is C=C1N=C(NC(C)=O)C=CN1C(C)(C)C.C=C1NC(=O)C(C)=CN1C(C)(C)C.CC(C)(C)n1ccc(=O)[nH]c1=O.CC(C)(C)n1cnc2c(NC(=O)c3ccccc3)ccnc21.CC(C)C(=O)Nc1ccn(C(C)(C)C)c(=O)n1.CC(C)C(=O)Nc1nc(OCCC#N)c2ncn(C(C)(C)C)c2n1.CC(C)C(=O)Nc1nc2c(ncn2C(C)(C)C)c(=O)[nH]1.CNc1ccn(C(C)(C)C)c(=O)n1. The molecule has 136 heavy (non-hydrogen) atoms. The zero-order valence-corrected chi connectivity index (χ0v) is 84.9. The highest BCUT2D eigenvalue weighted by Gasteiger charge is 2.30. The number of aliphatic imine (C=N–C) groups is 1. The summed E-state index contributed by atoms with van der Waals surface area (Å²) >= 11 is 0. The van der Waals surface area contributed by atoms with Crippen molar-refractivity contribution in [2.75, 3.05) is 40.2 Å². The second-order valence-electron chi connectivity index (χ2n) is 40.4. The summed E-state index contributed by atoms with van der Waals surface area (Å²) in [6.45, 7) is 69.9. The molecule has 0 atom stereocenters. The molecular formula is C96H138N28O12. The van der Waals surface area contributed by atoms with Crippen LogP contribution in [0.1, 0.15) is 238 Å². The van der Waals surface area contributed by atoms with Gasteiger partial charge in [-0.1, -0.05) is 72.9 Å². The molecule has 40 heteroatoms. The van der Waals surface area contributed by atoms with E-state index in [0.29, 0.717) is 68.3 Å². The minimum absolute atomic E-state index is 0.0496. The number of carbonyl (C=O) groups excluding carboxylic acids is 6. The van der Waals surface area contributed by atoms with E-state index in [9.17, 15) is 52.7 Å². The van der Waals surface area contributed by atoms with E-state index in [1.165, 1.54) is 28.3 Å². The van der Waals surface area contributed by atoms with Crippen LogP contribution in [0.15, 0.2) is 176 Å². The van der Waals surface area contributed by atoms with E-state index in [0.717, 1.165) is 5.65 Å². The van der Waals surface area contributed by atoms with Crippen LogP contribution in [-0.2, 0) is 57.2 Å². The maximum absolute atomic E-state index is 12.3. The monoisotopic (exact) mass is 1880 g/mol. The number of nitrogens with zero attached hydrogens (tertiary/aromatic N) is 19. The fourth-order valence-electron chi connectivity index (χ4n) is 11.8. The van der Waals surface area contributed by atoms with Gasteiger partial charge >= 0.3 is 17.1 Å². The maximum atomic E-state index is 12.3. The van der Waals surface area contributed by atoms with Gasteiger partial charge in [0.05, 0.1) is 37.2 Å². The number of aromatic nitrogens is 17. The summed E-state index contributed by atoms with van der Waals surface area (Å²) in [7, 11) is 1.74. The van der Waals surface area contributed by atoms with E-state index < -0.39 is 0 Å². The molecule has 0 saturated carbocycles. The van der Waals surface area contributed by atoms with Gasteiger partial charge in [0.25, 0.3) is 22.9 Å². The van der Waals surface area contributed by atoms with Gasteiger partial charge in [0.1, 0.15) is 41.2 Å². The largest absolute Gasteiger partial charge is 0.475 e. The Morgan fingerprint density at radius 3 is 1.44 bits per heavy atom. The normalized spacial score (nSPS) is 12.8. The fourth-order valence-corrected chi connectivity index (χ4v) is 11.8. The van der Waals surface area contributed by atoms with Crippen molar-refractivity contribution in [1.29, 1.82) is 5.26 Å². The smallest absolute Gasteiger partial charge is 0.349 e. The van der Waals surface area contributed by atoms with Gasteiger partial charge in [-0.2, -0.15) is 30.2 Å². The maximum Gasteiger partial charge on any atom is 0.349 e. The number of anilines is 5. The summed E-state index contributed by atoms with van der Waals surface area (Å²) in [6.07, 6.45) is 17.3. The minimum Gasteiger partial charge on any atom is -0.475 e. The third-order valence-electron chi connectivity index (χ3n) is 19.2. The fraction of sp³-hybridized carbons (Fsp3) is 0.479. The number of hydrogen-bond acceptors (Lipinski definition) is 26. The predicted octanol–water partition coefficient (Wildman–Crippen LogP) is 13.5. The molecule has 1 aromatic carbocycles. The lowest BCUT2D eigenvalue weighted by Gasteiger charge is -2.38. The number of carbonyl (C=O) groups is 6. The third-order valence-corrected chi connectivity index (χ3v) is 19.2. The highest BCUT2D eigenvalue weighted by atomic mass is 16.5. The number of amidine groups is 1. The summed E-state index contributed by atoms with van der Waals surface area (Å²) in [4.78, 5) is 177. The molecule has 9 N–H and O–H groups in total. The molecule has 2 aliphatic heterocycles. The van der Waals surface area contributed by atoms with Crippen LogP contribution in [0.5, 0.6) is 5.88 Å². The van der Waals surface area contributed by atoms with Crippen molar-refractivity contribution in [3.8, 4) is 11.9 Å². The Labute approximate surface area is 793 Å². The Balaban J connectivity index is 0.000000278. The second kappa shape index (κ2) is 46.3. The lowest BCUT2D eigenvalue weighted by molar-refractivity contribution is -0.119. The standard InChI is InChI=1S/C17H18N4O.C16H22N6O2.C13H19N5O2.C12H19N3O2.C11H17N3O.C10H16N2O.C9H15N3O.C8H12N2O2/c1-17(2,3)21-11-19-14-13(9-10-18-15(14)21)20-16(22)12-7-5-4-6-8-12;1-10(2)13(23)20-15-19-12-11(14(21-15)24-8-6-7-17)18-9-22(12)16(3,4)5;1-7(2)10(19)16-12-15-9-8(11(20)17-12)14-6-18(9)13(3,4)5;1-8(2)10(16)13-9-6-7-15(11(17)14-9)12(3,4)5;1-8-12-10(13-9(2)15)6-7-14(8)11(3,4)5;1-7-6-12(10(3,4)5)8(2)11-9(7)13;1-9(2,3)12-6-5-7(10-4)11-8(12)13;1-8(2,3)10-5-4-6(11)9-7(10)12/h4-11H,1-3H3,(H,18,20,22);9-10H,6,8H2,1-5H3,(H,19,20,21,23);6-7H,1-5H3,(H2,15,16,17,19,20);6-8H,1-5H3,(H,13,14,16,17);6-7H,1H2,2-5H3,(H,12,13,15);6H,2H2,1,3-5H3,(H,11,13);5-6H,1-4H3,(H,10,11,13);4-5H,1-3H3,(H,9,11,12). The number of nitriles is 1. The van der Waals surface area contributed by atoms with Gasteiger partial charge < -0.3 is 54.8 Å². The average Bonchev–Trinajstić information content (AvgIpc) is 1.64. The number of H-pyrrole nitrogens is 2. The van der Waals surface area contributed by atoms with Crippen LogP contribution >= 0.6 is 0 Å². The molecule has 6 amide bonds. The van der Waals surface area contributed by atoms with Gasteiger partial charge in [0.2, 0.25) is 41.4 Å². The number of ether oxygens (including phenoxy) is 1. The van der Waals surface area contributed by atoms with Crippen molar-refractivity contribution in [1.82, 2.24) is 103 Å². The first-order valence-corrected chi connectivity index (χ1v) is 44.2. The first kappa shape index (κ1) is 112. The van der Waals surface area contributed by atoms with Crippen LogP contribution in [0, 0.1) is 29.1 Å². The molecule has 2 aliphatic rings. The third kappa shape index (κ3) is 32.9. The highest BCUT2D eigenvalue weighted by molar-refractivity contribution is 6.08. The summed E-state index contributed by atoms with van der Waals surface area (Å²) in [5.41, 5.74) is 2.03. The summed E-state index contributed by atoms with van der Waals surface area (Å²) in [6, 6.07) is 17.7. The van der Waals surface area contributed by atoms with Crippen molar-refractivity contribution < 1.29 is 33.5 Å². The molecule has 0 radical (unpaired) electrons. The number of aromatic amines is 2. The molecule has 12 rings (SSSR count). The van der Waals surface area contributed by atoms with Crippen LogP contribution in [0.2, 0.25) is 0 Å². The molecule has 0 bridgehead atoms. The van der Waals surface area contributed by atoms with Crippen molar-refractivity contribution in [3.05, 3.63) is 205 Å². The van der Waals surface area contributed by atoms with E-state index in [4.69, 9.17) is 10.00 Å². The van der Waals surface area contributed by atoms with Gasteiger partial charge in [-0.15, -0.1) is 0 Å². The molecule has 734 valence electrons. The van der Waals surface area contributed by atoms with Crippen LogP contribution in [0.3, 0.4) is 0 Å². The molecule has 9 aromatic heterocycles. The zero-order valence-electron chi connectivity index (χ0n) is 84.9. The van der Waals surface area contributed by atoms with Crippen molar-refractivity contribution >= 4 is 104 Å². The van der Waals surface area contributed by atoms with Crippen LogP contribution in [0.4, 0.5) is 29.2 Å². The van der Waals surface area contributed by atoms with E-state index in [-0.39, 0.29) is 162 Å². The summed E-state index contributed by atoms with van der Waals surface area (Å²) in [5, 5.41) is 27.6. The number of amides is 6. The van der Waals surface area contributed by atoms with Crippen molar-refractivity contribution in [3.63, 3.8) is 0 Å². The van der Waals surface area contributed by atoms with E-state index >= 15 is 0 Å². The number of rotatable bonds is 12. The molecule has 0 fully saturated rings. The lowest BCUT2D eigenvalue weighted by Crippen LogP contribution is -2.46. The minimum atomic E-state index is -0.366. The second-order valence-corrected chi connectivity index (χ2v) is 40.4. The predicted molar refractivity (Wildman–Crippen MR) is 533 cm³/mol. The summed E-state index contributed by atoms with van der Waals surface area (Å²) in [5.74, 6) is 1.89. The Morgan fingerprint density at radius 2 is 0.971 bits per heavy atom. The van der Waals surface area contributed by atoms with Crippen LogP contribution in [0.25, 0.3) is 33.5 Å². The lowest BCUT2D eigenvalue weighted by atomic mass is 10.1. The Hall–Kier alpha value is -14.7. The Kier molecular flexibility index (Phi) is 38.1. The average molecular weight is 1880 g/mol. The van der Waals surface area contributed by atoms with Gasteiger partial charge in [0, 0.05) is 130 Å². The van der Waals surface area contributed by atoms with E-state index in [1.54, 1.807) is 134 Å². The molecule has 10 aromatic rings. The van der Waals surface area contributed by atoms with Crippen molar-refractivity contribution in [2.45, 2.75) is 272 Å². The molecule has 40 nitrogen and oxygen atoms in total. The van der Waals surface area contributed by atoms with Crippen LogP contribution in [-0.4, -0.2) is 158 Å². The molecular weight excluding hydrogens is 1740 g/mol. The Morgan fingerprint density at radius 1 is 0.500 bits per heavy atom. The Bertz CT molecular complexity index is 6390. The topological polar surface area (TPSA) is 501 Å². The summed E-state index contributed by atoms with van der Waals surface area (Å²) < 4.78 is 15.9. The molecule has 0 saturated heterocycles. The van der Waals surface area contributed by atoms with Gasteiger partial charge in [-0.3, -0.25) is 72.7 Å². The number of nitrogens with one attached hydrogen (secondary N) is 9. The zero-order chi connectivity index (χ0) is 103. The number of hydrogen-bond donors (Lipinski definition) is 9. The first-order valence-electron chi connectivity index (χ1n) is 44.2. The molecule has 0 aliphatic carbocycles. The van der Waals surface area contributed by atoms with Gasteiger partial charge in [-0.05, 0) is 210 Å². The van der Waals surface area contributed by atoms with E-state index in [1.807, 2.05) is 164 Å². The highest BCUT2D eigenvalue weighted by Crippen LogP contribution is 2.31. The number of imidazole rings is 3. The molecule has 11 heterocycles. The number of benzene rings is 1. The van der Waals surface area contributed by atoms with Crippen LogP contribution < -0.4 is 70.1 Å².